The fourth-order valence-electron chi connectivity index (χ4n) is 20.6. The van der Waals surface area contributed by atoms with E-state index < -0.39 is 0 Å². The van der Waals surface area contributed by atoms with Gasteiger partial charge in [0.2, 0.25) is 0 Å². The standard InChI is InChI=1S/C50H34.C48H32.C36H24/c1-3-19-35(20-4-1)37-23-7-9-25-39(37)41-27-11-13-29-43(41)49-45-31-15-17-33-47(45)50(48-34-18-16-32-46(48)49)44-30-14-12-28-42(44)40-26-10-8-24-38(40)36-21-5-2-6-22-36;1-2-13-33(14-3-1)36-17-10-18-37(29-36)38-19-11-20-39(30-38)40-21-12-22-41(32-40)47-43-23-6-8-25-45(43)48(46-26-9-7-24-44(46)47)42-28-27-34-15-4-5-16-35(34)31-42;1-2-10-25(11-3-1)27-18-21-28(22-19-27)35-31-14-6-8-16-33(31)36(34-17-9-7-15-32(34)35)30-23-20-26-12-4-5-13-29(26)24-30/h1-34H;1-32H;1-24H. The molecule has 0 nitrogen and oxygen atoms in total. The van der Waals surface area contributed by atoms with Gasteiger partial charge < -0.3 is 0 Å². The molecular formula is C134H90. The average Bonchev–Trinajstić information content (AvgIpc) is 0.725. The van der Waals surface area contributed by atoms with Gasteiger partial charge in [0.05, 0.1) is 0 Å². The van der Waals surface area contributed by atoms with Crippen molar-refractivity contribution in [3.05, 3.63) is 546 Å². The van der Waals surface area contributed by atoms with Crippen LogP contribution >= 0.6 is 0 Å². The molecule has 0 aliphatic carbocycles. The smallest absolute Gasteiger partial charge is 0.00201 e. The quantitative estimate of drug-likeness (QED) is 0.0952. The predicted octanol–water partition coefficient (Wildman–Crippen LogP) is 37.6. The number of rotatable bonds is 14. The molecule has 0 heterocycles. The summed E-state index contributed by atoms with van der Waals surface area (Å²) in [5, 5.41) is 20.3. The van der Waals surface area contributed by atoms with Crippen LogP contribution in [0.4, 0.5) is 0 Å². The third kappa shape index (κ3) is 15.5. The van der Waals surface area contributed by atoms with Crippen molar-refractivity contribution in [2.24, 2.45) is 0 Å². The molecule has 0 heteroatoms. The van der Waals surface area contributed by atoms with Gasteiger partial charge in [-0.15, -0.1) is 0 Å². The van der Waals surface area contributed by atoms with Crippen LogP contribution < -0.4 is 0 Å². The Morgan fingerprint density at radius 3 is 0.575 bits per heavy atom. The van der Waals surface area contributed by atoms with E-state index in [-0.39, 0.29) is 0 Å². The maximum absolute atomic E-state index is 2.36. The molecule has 0 fully saturated rings. The Kier molecular flexibility index (Phi) is 21.9. The van der Waals surface area contributed by atoms with Gasteiger partial charge in [0.1, 0.15) is 0 Å². The zero-order chi connectivity index (χ0) is 89.0. The summed E-state index contributed by atoms with van der Waals surface area (Å²) in [7, 11) is 0. The highest BCUT2D eigenvalue weighted by atomic mass is 14.3. The lowest BCUT2D eigenvalue weighted by Crippen LogP contribution is -1.95. The Hall–Kier alpha value is -17.4. The van der Waals surface area contributed by atoms with Crippen molar-refractivity contribution in [1.82, 2.24) is 0 Å². The van der Waals surface area contributed by atoms with E-state index in [1.165, 1.54) is 242 Å². The minimum absolute atomic E-state index is 1.21. The van der Waals surface area contributed by atoms with E-state index in [2.05, 4.69) is 546 Å². The number of fused-ring (bicyclic) bond motifs is 8. The SMILES string of the molecule is c1ccc(-c2ccc(-c3c4ccccc4c(-c4ccc5ccccc5c4)c4ccccc34)cc2)cc1.c1ccc(-c2cccc(-c3cccc(-c4cccc(-c5c6ccccc6c(-c6ccc7ccccc7c6)c6ccccc56)c4)c3)c2)cc1.c1ccc(-c2ccccc2-c2ccccc2-c2c3ccccc3c(-c3ccccc3-c3ccccc3-c3ccccc3)c3ccccc23)cc1. The Labute approximate surface area is 782 Å². The molecule has 626 valence electrons. The molecule has 25 aromatic rings. The van der Waals surface area contributed by atoms with E-state index in [0.29, 0.717) is 0 Å². The number of benzene rings is 25. The lowest BCUT2D eigenvalue weighted by molar-refractivity contribution is 1.57. The first-order valence-electron chi connectivity index (χ1n) is 46.3. The van der Waals surface area contributed by atoms with Crippen molar-refractivity contribution in [1.29, 1.82) is 0 Å². The zero-order valence-corrected chi connectivity index (χ0v) is 74.0. The van der Waals surface area contributed by atoms with Gasteiger partial charge in [0.15, 0.2) is 0 Å². The molecule has 0 aromatic heterocycles. The molecule has 0 radical (unpaired) electrons. The van der Waals surface area contributed by atoms with E-state index in [9.17, 15) is 0 Å². The summed E-state index contributed by atoms with van der Waals surface area (Å²) in [6.07, 6.45) is 0. The third-order valence-electron chi connectivity index (χ3n) is 26.8. The summed E-state index contributed by atoms with van der Waals surface area (Å²) in [6.45, 7) is 0. The summed E-state index contributed by atoms with van der Waals surface area (Å²) in [5.41, 5.74) is 34.7. The van der Waals surface area contributed by atoms with Gasteiger partial charge in [-0.2, -0.15) is 0 Å². The summed E-state index contributed by atoms with van der Waals surface area (Å²) in [5.74, 6) is 0. The monoisotopic (exact) mass is 1700 g/mol. The second kappa shape index (κ2) is 36.3. The average molecular weight is 1700 g/mol. The molecule has 0 spiro atoms. The Morgan fingerprint density at radius 1 is 0.0746 bits per heavy atom. The van der Waals surface area contributed by atoms with E-state index in [1.807, 2.05) is 0 Å². The second-order valence-electron chi connectivity index (χ2n) is 34.6. The lowest BCUT2D eigenvalue weighted by Gasteiger charge is -2.22. The Morgan fingerprint density at radius 2 is 0.254 bits per heavy atom. The fourth-order valence-corrected chi connectivity index (χ4v) is 20.6. The van der Waals surface area contributed by atoms with Crippen LogP contribution in [0, 0.1) is 0 Å². The second-order valence-corrected chi connectivity index (χ2v) is 34.6. The molecule has 0 bridgehead atoms. The minimum atomic E-state index is 1.21. The normalized spacial score (nSPS) is 11.3. The van der Waals surface area contributed by atoms with Gasteiger partial charge in [-0.05, 0) is 272 Å². The lowest BCUT2D eigenvalue weighted by atomic mass is 9.81. The van der Waals surface area contributed by atoms with Crippen molar-refractivity contribution in [3.8, 4) is 156 Å². The maximum atomic E-state index is 2.36. The highest BCUT2D eigenvalue weighted by molar-refractivity contribution is 6.26. The highest BCUT2D eigenvalue weighted by Gasteiger charge is 2.25. The predicted molar refractivity (Wildman–Crippen MR) is 575 cm³/mol. The summed E-state index contributed by atoms with van der Waals surface area (Å²) in [6, 6.07) is 198. The van der Waals surface area contributed by atoms with E-state index in [4.69, 9.17) is 0 Å². The van der Waals surface area contributed by atoms with Crippen molar-refractivity contribution in [3.63, 3.8) is 0 Å². The van der Waals surface area contributed by atoms with Crippen LogP contribution in [-0.4, -0.2) is 0 Å². The van der Waals surface area contributed by atoms with Crippen molar-refractivity contribution in [2.75, 3.05) is 0 Å². The molecule has 0 aliphatic rings. The van der Waals surface area contributed by atoms with Crippen LogP contribution in [0.25, 0.3) is 242 Å². The minimum Gasteiger partial charge on any atom is -0.0622 e. The molecule has 134 heavy (non-hydrogen) atoms. The van der Waals surface area contributed by atoms with E-state index in [1.54, 1.807) is 0 Å². The molecule has 0 atom stereocenters. The van der Waals surface area contributed by atoms with Gasteiger partial charge in [0.25, 0.3) is 0 Å². The summed E-state index contributed by atoms with van der Waals surface area (Å²) in [4.78, 5) is 0. The molecule has 25 rings (SSSR count). The molecule has 0 aliphatic heterocycles. The summed E-state index contributed by atoms with van der Waals surface area (Å²) >= 11 is 0. The first kappa shape index (κ1) is 81.1. The Balaban J connectivity index is 0.000000115. The molecule has 0 unspecified atom stereocenters. The number of hydrogen-bond donors (Lipinski definition) is 0. The van der Waals surface area contributed by atoms with Gasteiger partial charge in [-0.25, -0.2) is 0 Å². The van der Waals surface area contributed by atoms with Crippen molar-refractivity contribution < 1.29 is 0 Å². The van der Waals surface area contributed by atoms with Crippen LogP contribution in [0.3, 0.4) is 0 Å². The van der Waals surface area contributed by atoms with Crippen LogP contribution in [0.1, 0.15) is 0 Å². The largest absolute Gasteiger partial charge is 0.0622 e. The van der Waals surface area contributed by atoms with Crippen LogP contribution in [0.5, 0.6) is 0 Å². The van der Waals surface area contributed by atoms with Crippen LogP contribution in [0.2, 0.25) is 0 Å². The molecule has 0 saturated heterocycles. The Bertz CT molecular complexity index is 8350. The van der Waals surface area contributed by atoms with Gasteiger partial charge >= 0.3 is 0 Å². The third-order valence-corrected chi connectivity index (χ3v) is 26.8. The zero-order valence-electron chi connectivity index (χ0n) is 74.0. The van der Waals surface area contributed by atoms with Crippen molar-refractivity contribution >= 4 is 86.2 Å². The highest BCUT2D eigenvalue weighted by Crippen LogP contribution is 2.52. The first-order chi connectivity index (χ1) is 66.5. The van der Waals surface area contributed by atoms with Gasteiger partial charge in [-0.3, -0.25) is 0 Å². The van der Waals surface area contributed by atoms with Crippen LogP contribution in [0.15, 0.2) is 546 Å². The molecule has 0 amide bonds. The van der Waals surface area contributed by atoms with Crippen LogP contribution in [-0.2, 0) is 0 Å². The first-order valence-corrected chi connectivity index (χ1v) is 46.3. The van der Waals surface area contributed by atoms with Crippen molar-refractivity contribution in [2.45, 2.75) is 0 Å². The molecule has 0 N–H and O–H groups in total. The molecule has 0 saturated carbocycles. The maximum Gasteiger partial charge on any atom is -0.00201 e. The van der Waals surface area contributed by atoms with E-state index in [0.717, 1.165) is 0 Å². The topological polar surface area (TPSA) is 0 Å². The number of hydrogen-bond acceptors (Lipinski definition) is 0. The van der Waals surface area contributed by atoms with Gasteiger partial charge in [-0.1, -0.05) is 516 Å². The molecule has 25 aromatic carbocycles. The fraction of sp³-hybridized carbons (Fsp3) is 0. The van der Waals surface area contributed by atoms with E-state index >= 15 is 0 Å². The summed E-state index contributed by atoms with van der Waals surface area (Å²) < 4.78 is 0. The van der Waals surface area contributed by atoms with Gasteiger partial charge in [0, 0.05) is 0 Å². The molecular weight excluding hydrogens is 1610 g/mol.